The number of hydrazone groups is 1. The summed E-state index contributed by atoms with van der Waals surface area (Å²) in [6.45, 7) is 1.72. The molecule has 0 spiro atoms. The van der Waals surface area contributed by atoms with Gasteiger partial charge in [0.25, 0.3) is 5.91 Å². The molecule has 1 N–H and O–H groups in total. The molecule has 0 bridgehead atoms. The molecule has 5 heteroatoms. The molecule has 0 fully saturated rings. The lowest BCUT2D eigenvalue weighted by molar-refractivity contribution is 0.0954. The lowest BCUT2D eigenvalue weighted by Crippen LogP contribution is -2.17. The molecule has 16 heavy (non-hydrogen) atoms. The molecule has 1 amide bonds. The molecule has 0 aliphatic rings. The van der Waals surface area contributed by atoms with Crippen LogP contribution in [0.25, 0.3) is 0 Å². The van der Waals surface area contributed by atoms with Crippen LogP contribution in [0.1, 0.15) is 17.3 Å². The van der Waals surface area contributed by atoms with Crippen molar-refractivity contribution in [1.29, 1.82) is 0 Å². The van der Waals surface area contributed by atoms with E-state index in [0.29, 0.717) is 17.1 Å². The van der Waals surface area contributed by atoms with Gasteiger partial charge in [0.15, 0.2) is 11.5 Å². The third kappa shape index (κ3) is 2.73. The molecule has 0 aromatic heterocycles. The second-order valence-electron chi connectivity index (χ2n) is 2.90. The van der Waals surface area contributed by atoms with Gasteiger partial charge in [0, 0.05) is 11.8 Å². The average molecular weight is 222 g/mol. The summed E-state index contributed by atoms with van der Waals surface area (Å²) in [6.07, 6.45) is 1.50. The Kier molecular flexibility index (Phi) is 4.32. The minimum absolute atomic E-state index is 0.293. The zero-order valence-electron chi connectivity index (χ0n) is 9.48. The van der Waals surface area contributed by atoms with Crippen LogP contribution < -0.4 is 14.9 Å². The van der Waals surface area contributed by atoms with Crippen LogP contribution in [-0.2, 0) is 0 Å². The van der Waals surface area contributed by atoms with Crippen molar-refractivity contribution in [2.75, 3.05) is 14.2 Å². The van der Waals surface area contributed by atoms with Gasteiger partial charge in [-0.2, -0.15) is 5.10 Å². The maximum atomic E-state index is 11.6. The van der Waals surface area contributed by atoms with Crippen molar-refractivity contribution in [3.63, 3.8) is 0 Å². The number of rotatable bonds is 4. The highest BCUT2D eigenvalue weighted by molar-refractivity contribution is 5.95. The van der Waals surface area contributed by atoms with Gasteiger partial charge in [0.1, 0.15) is 0 Å². The van der Waals surface area contributed by atoms with Gasteiger partial charge in [0.2, 0.25) is 0 Å². The van der Waals surface area contributed by atoms with Gasteiger partial charge in [-0.15, -0.1) is 0 Å². The lowest BCUT2D eigenvalue weighted by atomic mass is 10.2. The molecule has 0 radical (unpaired) electrons. The number of carbonyl (C=O) groups is 1. The van der Waals surface area contributed by atoms with Gasteiger partial charge in [-0.1, -0.05) is 0 Å². The van der Waals surface area contributed by atoms with E-state index in [0.717, 1.165) is 0 Å². The van der Waals surface area contributed by atoms with E-state index in [1.807, 2.05) is 0 Å². The average Bonchev–Trinajstić information content (AvgIpc) is 2.34. The van der Waals surface area contributed by atoms with Gasteiger partial charge >= 0.3 is 0 Å². The summed E-state index contributed by atoms with van der Waals surface area (Å²) < 4.78 is 10.2. The van der Waals surface area contributed by atoms with E-state index in [9.17, 15) is 4.79 Å². The van der Waals surface area contributed by atoms with Crippen molar-refractivity contribution in [3.8, 4) is 11.5 Å². The molecular formula is C11H14N2O3. The van der Waals surface area contributed by atoms with Gasteiger partial charge < -0.3 is 9.47 Å². The topological polar surface area (TPSA) is 59.9 Å². The number of carbonyl (C=O) groups excluding carboxylic acids is 1. The van der Waals surface area contributed by atoms with E-state index in [1.165, 1.54) is 13.3 Å². The monoisotopic (exact) mass is 222 g/mol. The van der Waals surface area contributed by atoms with E-state index >= 15 is 0 Å². The Bertz CT molecular complexity index is 402. The highest BCUT2D eigenvalue weighted by Crippen LogP contribution is 2.27. The second kappa shape index (κ2) is 5.75. The number of methoxy groups -OCH3 is 2. The van der Waals surface area contributed by atoms with Crippen molar-refractivity contribution in [1.82, 2.24) is 5.43 Å². The smallest absolute Gasteiger partial charge is 0.271 e. The molecule has 0 aliphatic heterocycles. The minimum atomic E-state index is -0.293. The highest BCUT2D eigenvalue weighted by Gasteiger charge is 2.09. The first-order valence-electron chi connectivity index (χ1n) is 4.73. The Labute approximate surface area is 94.1 Å². The number of hydrogen-bond donors (Lipinski definition) is 1. The summed E-state index contributed by atoms with van der Waals surface area (Å²) in [5, 5.41) is 3.65. The van der Waals surface area contributed by atoms with Crippen LogP contribution in [-0.4, -0.2) is 26.3 Å². The predicted octanol–water partition coefficient (Wildman–Crippen LogP) is 1.44. The Morgan fingerprint density at radius 2 is 2.00 bits per heavy atom. The van der Waals surface area contributed by atoms with Crippen LogP contribution >= 0.6 is 0 Å². The van der Waals surface area contributed by atoms with Crippen LogP contribution in [0, 0.1) is 0 Å². The summed E-state index contributed by atoms with van der Waals surface area (Å²) in [5.74, 6) is 0.799. The number of hydrogen-bond acceptors (Lipinski definition) is 4. The maximum Gasteiger partial charge on any atom is 0.271 e. The van der Waals surface area contributed by atoms with E-state index in [4.69, 9.17) is 9.47 Å². The number of ether oxygens (including phenoxy) is 2. The van der Waals surface area contributed by atoms with Gasteiger partial charge in [0.05, 0.1) is 14.2 Å². The number of benzene rings is 1. The molecule has 0 saturated heterocycles. The van der Waals surface area contributed by atoms with E-state index < -0.39 is 0 Å². The van der Waals surface area contributed by atoms with Crippen LogP contribution in [0.4, 0.5) is 0 Å². The summed E-state index contributed by atoms with van der Waals surface area (Å²) in [4.78, 5) is 11.6. The third-order valence-electron chi connectivity index (χ3n) is 1.94. The quantitative estimate of drug-likeness (QED) is 0.619. The van der Waals surface area contributed by atoms with Gasteiger partial charge in [-0.25, -0.2) is 5.43 Å². The first kappa shape index (κ1) is 12.0. The predicted molar refractivity (Wildman–Crippen MR) is 61.2 cm³/mol. The molecule has 0 saturated carbocycles. The molecular weight excluding hydrogens is 208 g/mol. The molecule has 0 atom stereocenters. The summed E-state index contributed by atoms with van der Waals surface area (Å²) in [7, 11) is 3.06. The van der Waals surface area contributed by atoms with Crippen LogP contribution in [0.3, 0.4) is 0 Å². The molecule has 1 aromatic carbocycles. The first-order chi connectivity index (χ1) is 7.72. The zero-order valence-corrected chi connectivity index (χ0v) is 9.48. The summed E-state index contributed by atoms with van der Waals surface area (Å²) in [6, 6.07) is 4.91. The van der Waals surface area contributed by atoms with Gasteiger partial charge in [-0.3, -0.25) is 4.79 Å². The second-order valence-corrected chi connectivity index (χ2v) is 2.90. The standard InChI is InChI=1S/C11H14N2O3/c1-4-12-13-11(14)8-5-6-9(15-2)10(7-8)16-3/h4-7H,1-3H3,(H,13,14). The fourth-order valence-electron chi connectivity index (χ4n) is 1.17. The van der Waals surface area contributed by atoms with Crippen LogP contribution in [0.2, 0.25) is 0 Å². The Balaban J connectivity index is 2.94. The van der Waals surface area contributed by atoms with Crippen molar-refractivity contribution in [2.45, 2.75) is 6.92 Å². The minimum Gasteiger partial charge on any atom is -0.493 e. The summed E-state index contributed by atoms with van der Waals surface area (Å²) >= 11 is 0. The SMILES string of the molecule is CC=NNC(=O)c1ccc(OC)c(OC)c1. The summed E-state index contributed by atoms with van der Waals surface area (Å²) in [5.41, 5.74) is 2.83. The normalized spacial score (nSPS) is 10.2. The molecule has 5 nitrogen and oxygen atoms in total. The highest BCUT2D eigenvalue weighted by atomic mass is 16.5. The van der Waals surface area contributed by atoms with Crippen molar-refractivity contribution in [2.24, 2.45) is 5.10 Å². The Morgan fingerprint density at radius 1 is 1.31 bits per heavy atom. The third-order valence-corrected chi connectivity index (χ3v) is 1.94. The fraction of sp³-hybridized carbons (Fsp3) is 0.273. The molecule has 1 aromatic rings. The molecule has 1 rings (SSSR count). The van der Waals surface area contributed by atoms with Crippen LogP contribution in [0.15, 0.2) is 23.3 Å². The number of amides is 1. The molecule has 0 heterocycles. The number of nitrogens with one attached hydrogen (secondary N) is 1. The largest absolute Gasteiger partial charge is 0.493 e. The Morgan fingerprint density at radius 3 is 2.56 bits per heavy atom. The fourth-order valence-corrected chi connectivity index (χ4v) is 1.17. The molecule has 0 aliphatic carbocycles. The Hall–Kier alpha value is -2.04. The number of nitrogens with zero attached hydrogens (tertiary/aromatic N) is 1. The van der Waals surface area contributed by atoms with E-state index in [1.54, 1.807) is 32.2 Å². The lowest BCUT2D eigenvalue weighted by Gasteiger charge is -2.08. The van der Waals surface area contributed by atoms with Gasteiger partial charge in [-0.05, 0) is 25.1 Å². The van der Waals surface area contributed by atoms with Crippen molar-refractivity contribution >= 4 is 12.1 Å². The van der Waals surface area contributed by atoms with Crippen molar-refractivity contribution < 1.29 is 14.3 Å². The van der Waals surface area contributed by atoms with Crippen molar-refractivity contribution in [3.05, 3.63) is 23.8 Å². The van der Waals surface area contributed by atoms with E-state index in [2.05, 4.69) is 10.5 Å². The zero-order chi connectivity index (χ0) is 12.0. The van der Waals surface area contributed by atoms with E-state index in [-0.39, 0.29) is 5.91 Å². The molecule has 0 unspecified atom stereocenters. The van der Waals surface area contributed by atoms with Crippen LogP contribution in [0.5, 0.6) is 11.5 Å². The maximum absolute atomic E-state index is 11.6. The molecule has 86 valence electrons. The first-order valence-corrected chi connectivity index (χ1v) is 4.73.